The summed E-state index contributed by atoms with van der Waals surface area (Å²) < 4.78 is 24.6. The first-order valence-electron chi connectivity index (χ1n) is 14.9. The molecule has 0 saturated carbocycles. The molecule has 1 aliphatic heterocycles. The molecule has 1 atom stereocenters. The van der Waals surface area contributed by atoms with Crippen molar-refractivity contribution in [2.45, 2.75) is 32.9 Å². The SMILES string of the molecule is C=CCc1cc(/C=c2\sc3n(c2=O)[C@H](c2ccc(OCC)c(OCC)c2)C(C(=O)OC)=CN=3)ccc1OCc1ccc([N+](=O)[O-])cc1. The van der Waals surface area contributed by atoms with Gasteiger partial charge in [0.1, 0.15) is 12.4 Å². The first-order chi connectivity index (χ1) is 22.8. The van der Waals surface area contributed by atoms with E-state index in [2.05, 4.69) is 11.6 Å². The topological polar surface area (TPSA) is 131 Å². The van der Waals surface area contributed by atoms with E-state index in [4.69, 9.17) is 18.9 Å². The van der Waals surface area contributed by atoms with Gasteiger partial charge in [0.25, 0.3) is 11.2 Å². The molecule has 0 fully saturated rings. The minimum atomic E-state index is -0.803. The highest BCUT2D eigenvalue weighted by Gasteiger charge is 2.31. The summed E-state index contributed by atoms with van der Waals surface area (Å²) in [4.78, 5) is 42.3. The number of benzene rings is 3. The Labute approximate surface area is 274 Å². The third-order valence-electron chi connectivity index (χ3n) is 7.30. The van der Waals surface area contributed by atoms with Crippen LogP contribution in [0.5, 0.6) is 17.2 Å². The summed E-state index contributed by atoms with van der Waals surface area (Å²) in [5.74, 6) is 1.09. The number of carbonyl (C=O) groups is 1. The molecular weight excluding hydrogens is 622 g/mol. The fraction of sp³-hybridized carbons (Fsp3) is 0.229. The molecule has 12 heteroatoms. The van der Waals surface area contributed by atoms with Crippen molar-refractivity contribution in [3.8, 4) is 17.2 Å². The van der Waals surface area contributed by atoms with Crippen molar-refractivity contribution in [3.05, 3.63) is 137 Å². The Hall–Kier alpha value is -5.49. The molecule has 0 amide bonds. The fourth-order valence-electron chi connectivity index (χ4n) is 5.16. The van der Waals surface area contributed by atoms with E-state index >= 15 is 0 Å². The van der Waals surface area contributed by atoms with E-state index < -0.39 is 16.9 Å². The number of carbonyl (C=O) groups excluding carboxylic acids is 1. The zero-order valence-electron chi connectivity index (χ0n) is 26.1. The summed E-state index contributed by atoms with van der Waals surface area (Å²) >= 11 is 1.21. The number of aromatic nitrogens is 1. The highest BCUT2D eigenvalue weighted by molar-refractivity contribution is 7.07. The molecule has 0 N–H and O–H groups in total. The van der Waals surface area contributed by atoms with Crippen LogP contribution in [0.3, 0.4) is 0 Å². The standard InChI is InChI=1S/C35H33N3O8S/c1-5-8-24-17-23(11-15-28(24)46-21-22-9-13-26(14-10-22)38(41)42)18-31-33(39)37-32(27(34(40)43-4)20-36-35(37)47-31)25-12-16-29(44-6-2)30(19-25)45-7-3/h5,9-20,32H,1,6-8,21H2,2-4H3/b31-18-/t32-/m1/s1. The molecule has 242 valence electrons. The van der Waals surface area contributed by atoms with Gasteiger partial charge in [-0.05, 0) is 85.0 Å². The molecular formula is C35H33N3O8S. The van der Waals surface area contributed by atoms with Crippen LogP contribution in [0.15, 0.2) is 94.9 Å². The second-order valence-corrected chi connectivity index (χ2v) is 11.3. The minimum Gasteiger partial charge on any atom is -0.490 e. The lowest BCUT2D eigenvalue weighted by Crippen LogP contribution is -2.39. The van der Waals surface area contributed by atoms with Gasteiger partial charge < -0.3 is 18.9 Å². The number of hydrogen-bond acceptors (Lipinski definition) is 10. The van der Waals surface area contributed by atoms with Gasteiger partial charge >= 0.3 is 5.97 Å². The molecule has 47 heavy (non-hydrogen) atoms. The maximum absolute atomic E-state index is 14.0. The van der Waals surface area contributed by atoms with Crippen LogP contribution >= 0.6 is 11.3 Å². The number of non-ortho nitro benzene ring substituents is 1. The van der Waals surface area contributed by atoms with E-state index in [9.17, 15) is 19.7 Å². The molecule has 2 heterocycles. The molecule has 5 rings (SSSR count). The van der Waals surface area contributed by atoms with E-state index in [0.29, 0.717) is 51.8 Å². The predicted molar refractivity (Wildman–Crippen MR) is 178 cm³/mol. The van der Waals surface area contributed by atoms with Crippen molar-refractivity contribution >= 4 is 29.1 Å². The summed E-state index contributed by atoms with van der Waals surface area (Å²) in [6.07, 6.45) is 5.50. The van der Waals surface area contributed by atoms with Crippen LogP contribution in [0, 0.1) is 10.1 Å². The Morgan fingerprint density at radius 2 is 1.74 bits per heavy atom. The summed E-state index contributed by atoms with van der Waals surface area (Å²) in [5.41, 5.74) is 2.94. The smallest absolute Gasteiger partial charge is 0.337 e. The lowest BCUT2D eigenvalue weighted by Gasteiger charge is -2.23. The Bertz CT molecular complexity index is 2030. The maximum atomic E-state index is 14.0. The number of nitro groups is 1. The number of nitro benzene ring substituents is 1. The fourth-order valence-corrected chi connectivity index (χ4v) is 6.13. The van der Waals surface area contributed by atoms with Gasteiger partial charge in [-0.15, -0.1) is 6.58 Å². The Kier molecular flexibility index (Phi) is 10.3. The van der Waals surface area contributed by atoms with E-state index in [0.717, 1.165) is 16.7 Å². The number of hydrogen-bond donors (Lipinski definition) is 0. The number of ether oxygens (including phenoxy) is 4. The number of esters is 1. The molecule has 0 unspecified atom stereocenters. The molecule has 1 aliphatic rings. The zero-order valence-corrected chi connectivity index (χ0v) is 27.0. The summed E-state index contributed by atoms with van der Waals surface area (Å²) in [6.45, 7) is 8.67. The van der Waals surface area contributed by atoms with Crippen molar-refractivity contribution in [1.82, 2.24) is 4.57 Å². The van der Waals surface area contributed by atoms with Crippen molar-refractivity contribution in [3.63, 3.8) is 0 Å². The van der Waals surface area contributed by atoms with Crippen LogP contribution in [0.2, 0.25) is 0 Å². The van der Waals surface area contributed by atoms with Crippen LogP contribution in [-0.2, 0) is 22.6 Å². The van der Waals surface area contributed by atoms with Gasteiger partial charge in [0.2, 0.25) is 0 Å². The van der Waals surface area contributed by atoms with Crippen LogP contribution in [-0.4, -0.2) is 35.8 Å². The van der Waals surface area contributed by atoms with E-state index in [1.807, 2.05) is 32.0 Å². The highest BCUT2D eigenvalue weighted by atomic mass is 32.1. The predicted octanol–water partition coefficient (Wildman–Crippen LogP) is 5.03. The van der Waals surface area contributed by atoms with Gasteiger partial charge in [-0.2, -0.15) is 0 Å². The first-order valence-corrected chi connectivity index (χ1v) is 15.7. The number of fused-ring (bicyclic) bond motifs is 1. The average molecular weight is 656 g/mol. The quantitative estimate of drug-likeness (QED) is 0.0849. The summed E-state index contributed by atoms with van der Waals surface area (Å²) in [7, 11) is 1.29. The number of methoxy groups -OCH3 is 1. The van der Waals surface area contributed by atoms with Gasteiger partial charge in [0, 0.05) is 18.3 Å². The van der Waals surface area contributed by atoms with Crippen LogP contribution in [0.25, 0.3) is 6.08 Å². The number of nitrogens with zero attached hydrogens (tertiary/aromatic N) is 3. The number of thiazole rings is 1. The number of allylic oxidation sites excluding steroid dienone is 1. The maximum Gasteiger partial charge on any atom is 0.337 e. The van der Waals surface area contributed by atoms with E-state index in [1.54, 1.807) is 42.5 Å². The van der Waals surface area contributed by atoms with E-state index in [-0.39, 0.29) is 23.4 Å². The van der Waals surface area contributed by atoms with Gasteiger partial charge in [-0.1, -0.05) is 29.5 Å². The second-order valence-electron chi connectivity index (χ2n) is 10.3. The lowest BCUT2D eigenvalue weighted by molar-refractivity contribution is -0.384. The van der Waals surface area contributed by atoms with Gasteiger partial charge in [0.05, 0.1) is 41.4 Å². The largest absolute Gasteiger partial charge is 0.490 e. The normalized spacial score (nSPS) is 14.0. The average Bonchev–Trinajstić information content (AvgIpc) is 3.39. The Morgan fingerprint density at radius 3 is 2.43 bits per heavy atom. The second kappa shape index (κ2) is 14.7. The number of rotatable bonds is 13. The highest BCUT2D eigenvalue weighted by Crippen LogP contribution is 2.35. The monoisotopic (exact) mass is 655 g/mol. The molecule has 0 spiro atoms. The van der Waals surface area contributed by atoms with Crippen molar-refractivity contribution in [2.75, 3.05) is 20.3 Å². The minimum absolute atomic E-state index is 0.0123. The van der Waals surface area contributed by atoms with Gasteiger partial charge in [0.15, 0.2) is 16.3 Å². The third-order valence-corrected chi connectivity index (χ3v) is 8.29. The van der Waals surface area contributed by atoms with Gasteiger partial charge in [-0.25, -0.2) is 9.79 Å². The van der Waals surface area contributed by atoms with Crippen LogP contribution in [0.4, 0.5) is 5.69 Å². The first kappa shape index (κ1) is 32.9. The van der Waals surface area contributed by atoms with Crippen LogP contribution in [0.1, 0.15) is 42.1 Å². The molecule has 0 saturated heterocycles. The molecule has 0 radical (unpaired) electrons. The van der Waals surface area contributed by atoms with Crippen LogP contribution < -0.4 is 29.1 Å². The molecule has 0 bridgehead atoms. The Morgan fingerprint density at radius 1 is 1.02 bits per heavy atom. The molecule has 4 aromatic rings. The summed E-state index contributed by atoms with van der Waals surface area (Å²) in [6, 6.07) is 16.3. The lowest BCUT2D eigenvalue weighted by atomic mass is 9.97. The van der Waals surface area contributed by atoms with Crippen molar-refractivity contribution in [2.24, 2.45) is 4.99 Å². The zero-order chi connectivity index (χ0) is 33.5. The molecule has 3 aromatic carbocycles. The van der Waals surface area contributed by atoms with Crippen molar-refractivity contribution < 1.29 is 28.7 Å². The molecule has 11 nitrogen and oxygen atoms in total. The van der Waals surface area contributed by atoms with E-state index in [1.165, 1.54) is 41.3 Å². The van der Waals surface area contributed by atoms with Crippen molar-refractivity contribution in [1.29, 1.82) is 0 Å². The summed E-state index contributed by atoms with van der Waals surface area (Å²) in [5, 5.41) is 11.0. The Balaban J connectivity index is 1.51. The van der Waals surface area contributed by atoms with Gasteiger partial charge in [-0.3, -0.25) is 19.5 Å². The molecule has 1 aromatic heterocycles. The third kappa shape index (κ3) is 7.17. The molecule has 0 aliphatic carbocycles.